The van der Waals surface area contributed by atoms with Crippen molar-refractivity contribution in [1.29, 1.82) is 0 Å². The van der Waals surface area contributed by atoms with E-state index in [1.807, 2.05) is 29.2 Å². The fraction of sp³-hybridized carbons (Fsp3) is 0.636. The summed E-state index contributed by atoms with van der Waals surface area (Å²) in [6.07, 6.45) is 4.18. The van der Waals surface area contributed by atoms with E-state index >= 15 is 0 Å². The van der Waals surface area contributed by atoms with E-state index in [1.165, 1.54) is 0 Å². The van der Waals surface area contributed by atoms with Crippen molar-refractivity contribution in [3.63, 3.8) is 0 Å². The van der Waals surface area contributed by atoms with Gasteiger partial charge in [-0.2, -0.15) is 0 Å². The van der Waals surface area contributed by atoms with Crippen molar-refractivity contribution in [3.05, 3.63) is 29.8 Å². The number of hydrogen-bond acceptors (Lipinski definition) is 4. The average Bonchev–Trinajstić information content (AvgIpc) is 3.50. The number of hydrogen-bond donors (Lipinski definition) is 1. The van der Waals surface area contributed by atoms with Crippen molar-refractivity contribution >= 4 is 11.8 Å². The Kier molecular flexibility index (Phi) is 5.58. The van der Waals surface area contributed by atoms with Crippen LogP contribution >= 0.6 is 0 Å². The SMILES string of the molecule is COc1ccc([C@H](NC(=O)C2CN(C(=O)C3CCN(C)CC3)C2)C2CC2)cc1. The Morgan fingerprint density at radius 2 is 1.68 bits per heavy atom. The molecule has 28 heavy (non-hydrogen) atoms. The lowest BCUT2D eigenvalue weighted by atomic mass is 9.91. The van der Waals surface area contributed by atoms with Crippen molar-refractivity contribution in [2.24, 2.45) is 17.8 Å². The van der Waals surface area contributed by atoms with Crippen LogP contribution in [0.4, 0.5) is 0 Å². The Labute approximate surface area is 167 Å². The van der Waals surface area contributed by atoms with Crippen LogP contribution in [0.15, 0.2) is 24.3 Å². The lowest BCUT2D eigenvalue weighted by molar-refractivity contribution is -0.147. The minimum Gasteiger partial charge on any atom is -0.497 e. The fourth-order valence-electron chi connectivity index (χ4n) is 4.32. The molecule has 0 spiro atoms. The number of amides is 2. The van der Waals surface area contributed by atoms with Crippen LogP contribution in [0.3, 0.4) is 0 Å². The highest BCUT2D eigenvalue weighted by Gasteiger charge is 2.41. The Balaban J connectivity index is 1.29. The van der Waals surface area contributed by atoms with Crippen molar-refractivity contribution in [1.82, 2.24) is 15.1 Å². The summed E-state index contributed by atoms with van der Waals surface area (Å²) in [7, 11) is 3.76. The van der Waals surface area contributed by atoms with E-state index in [1.54, 1.807) is 7.11 Å². The summed E-state index contributed by atoms with van der Waals surface area (Å²) in [5.41, 5.74) is 1.13. The van der Waals surface area contributed by atoms with Gasteiger partial charge in [-0.15, -0.1) is 0 Å². The monoisotopic (exact) mass is 385 g/mol. The fourth-order valence-corrected chi connectivity index (χ4v) is 4.32. The van der Waals surface area contributed by atoms with E-state index in [9.17, 15) is 9.59 Å². The molecule has 2 saturated heterocycles. The summed E-state index contributed by atoms with van der Waals surface area (Å²) < 4.78 is 5.23. The maximum Gasteiger partial charge on any atom is 0.227 e. The Hall–Kier alpha value is -2.08. The number of nitrogens with zero attached hydrogens (tertiary/aromatic N) is 2. The second-order valence-corrected chi connectivity index (χ2v) is 8.61. The van der Waals surface area contributed by atoms with Crippen LogP contribution in [0, 0.1) is 17.8 Å². The van der Waals surface area contributed by atoms with Gasteiger partial charge in [0.15, 0.2) is 0 Å². The number of piperidine rings is 1. The van der Waals surface area contributed by atoms with Gasteiger partial charge in [0.2, 0.25) is 11.8 Å². The third-order valence-electron chi connectivity index (χ3n) is 6.50. The maximum atomic E-state index is 12.8. The second-order valence-electron chi connectivity index (χ2n) is 8.61. The molecule has 0 bridgehead atoms. The zero-order valence-corrected chi connectivity index (χ0v) is 16.9. The summed E-state index contributed by atoms with van der Waals surface area (Å²) in [6.45, 7) is 3.10. The number of likely N-dealkylation sites (tertiary alicyclic amines) is 2. The molecule has 1 saturated carbocycles. The average molecular weight is 386 g/mol. The largest absolute Gasteiger partial charge is 0.497 e. The first-order valence-electron chi connectivity index (χ1n) is 10.5. The molecule has 2 heterocycles. The zero-order valence-electron chi connectivity index (χ0n) is 16.9. The number of nitrogens with one attached hydrogen (secondary N) is 1. The van der Waals surface area contributed by atoms with E-state index in [0.717, 1.165) is 50.1 Å². The number of carbonyl (C=O) groups is 2. The molecular formula is C22H31N3O3. The molecule has 1 aliphatic carbocycles. The number of rotatable bonds is 6. The van der Waals surface area contributed by atoms with Crippen molar-refractivity contribution in [2.75, 3.05) is 40.3 Å². The predicted molar refractivity (Wildman–Crippen MR) is 107 cm³/mol. The quantitative estimate of drug-likeness (QED) is 0.814. The summed E-state index contributed by atoms with van der Waals surface area (Å²) in [4.78, 5) is 29.6. The molecular weight excluding hydrogens is 354 g/mol. The van der Waals surface area contributed by atoms with Crippen LogP contribution in [0.2, 0.25) is 0 Å². The van der Waals surface area contributed by atoms with Crippen LogP contribution in [0.25, 0.3) is 0 Å². The summed E-state index contributed by atoms with van der Waals surface area (Å²) >= 11 is 0. The van der Waals surface area contributed by atoms with Gasteiger partial charge in [-0.1, -0.05) is 12.1 Å². The van der Waals surface area contributed by atoms with E-state index in [0.29, 0.717) is 19.0 Å². The molecule has 1 atom stereocenters. The second kappa shape index (κ2) is 8.11. The molecule has 0 aromatic heterocycles. The van der Waals surface area contributed by atoms with Crippen LogP contribution < -0.4 is 10.1 Å². The summed E-state index contributed by atoms with van der Waals surface area (Å²) in [6, 6.07) is 8.04. The van der Waals surface area contributed by atoms with Crippen LogP contribution in [0.1, 0.15) is 37.3 Å². The molecule has 2 amide bonds. The van der Waals surface area contributed by atoms with Gasteiger partial charge in [-0.05, 0) is 69.4 Å². The first kappa shape index (κ1) is 19.2. The maximum absolute atomic E-state index is 12.8. The number of ether oxygens (including phenoxy) is 1. The molecule has 6 heteroatoms. The zero-order chi connectivity index (χ0) is 19.7. The Morgan fingerprint density at radius 3 is 2.25 bits per heavy atom. The van der Waals surface area contributed by atoms with Gasteiger partial charge in [0.25, 0.3) is 0 Å². The van der Waals surface area contributed by atoms with E-state index in [-0.39, 0.29) is 29.7 Å². The Bertz CT molecular complexity index is 702. The topological polar surface area (TPSA) is 61.9 Å². The molecule has 1 N–H and O–H groups in total. The normalized spacial score (nSPS) is 22.4. The minimum absolute atomic E-state index is 0.0667. The van der Waals surface area contributed by atoms with Crippen LogP contribution in [0.5, 0.6) is 5.75 Å². The summed E-state index contributed by atoms with van der Waals surface area (Å²) in [5.74, 6) is 1.74. The van der Waals surface area contributed by atoms with Crippen molar-refractivity contribution < 1.29 is 14.3 Å². The van der Waals surface area contributed by atoms with E-state index in [2.05, 4.69) is 17.3 Å². The van der Waals surface area contributed by atoms with Gasteiger partial charge >= 0.3 is 0 Å². The molecule has 152 valence electrons. The molecule has 2 aliphatic heterocycles. The molecule has 0 radical (unpaired) electrons. The first-order valence-corrected chi connectivity index (χ1v) is 10.5. The lowest BCUT2D eigenvalue weighted by Gasteiger charge is -2.42. The van der Waals surface area contributed by atoms with Crippen LogP contribution in [-0.2, 0) is 9.59 Å². The molecule has 1 aromatic rings. The first-order chi connectivity index (χ1) is 13.5. The molecule has 4 rings (SSSR count). The van der Waals surface area contributed by atoms with E-state index in [4.69, 9.17) is 4.74 Å². The highest BCUT2D eigenvalue weighted by molar-refractivity contribution is 5.85. The smallest absolute Gasteiger partial charge is 0.227 e. The highest BCUT2D eigenvalue weighted by Crippen LogP contribution is 2.41. The van der Waals surface area contributed by atoms with Gasteiger partial charge in [0.05, 0.1) is 19.1 Å². The highest BCUT2D eigenvalue weighted by atomic mass is 16.5. The van der Waals surface area contributed by atoms with Gasteiger partial charge in [0, 0.05) is 19.0 Å². The number of methoxy groups -OCH3 is 1. The lowest BCUT2D eigenvalue weighted by Crippen LogP contribution is -2.58. The molecule has 3 aliphatic rings. The van der Waals surface area contributed by atoms with Gasteiger partial charge < -0.3 is 19.9 Å². The molecule has 1 aromatic carbocycles. The predicted octanol–water partition coefficient (Wildman–Crippen LogP) is 2.06. The standard InChI is InChI=1S/C22H31N3O3/c1-24-11-9-17(10-12-24)22(27)25-13-18(14-25)21(26)23-20(15-3-4-15)16-5-7-19(28-2)8-6-16/h5-8,15,17-18,20H,3-4,9-14H2,1-2H3,(H,23,26)/t20-/m1/s1. The Morgan fingerprint density at radius 1 is 1.04 bits per heavy atom. The summed E-state index contributed by atoms with van der Waals surface area (Å²) in [5, 5.41) is 3.26. The van der Waals surface area contributed by atoms with Gasteiger partial charge in [0.1, 0.15) is 5.75 Å². The van der Waals surface area contributed by atoms with E-state index < -0.39 is 0 Å². The number of carbonyl (C=O) groups excluding carboxylic acids is 2. The minimum atomic E-state index is -0.0743. The molecule has 0 unspecified atom stereocenters. The molecule has 3 fully saturated rings. The molecule has 6 nitrogen and oxygen atoms in total. The van der Waals surface area contributed by atoms with Crippen molar-refractivity contribution in [3.8, 4) is 5.75 Å². The van der Waals surface area contributed by atoms with Crippen molar-refractivity contribution in [2.45, 2.75) is 31.7 Å². The third kappa shape index (κ3) is 4.17. The van der Waals surface area contributed by atoms with Gasteiger partial charge in [-0.3, -0.25) is 9.59 Å². The van der Waals surface area contributed by atoms with Gasteiger partial charge in [-0.25, -0.2) is 0 Å². The van der Waals surface area contributed by atoms with Crippen LogP contribution in [-0.4, -0.2) is 62.0 Å². The number of benzene rings is 1. The third-order valence-corrected chi connectivity index (χ3v) is 6.50.